The standard InChI is InChI=1S/C30H47N3S/c1-5-7-9-11-13-15-21-33(22-16-14-12-10-8-6-2)26-18-20-28-30(24-26)34-29-23-25(32(3)4)17-19-27(29)31-28/h17-20,23-24,31H,5-16,21-22H2,1-4H3. The Hall–Kier alpha value is -1.81. The molecular weight excluding hydrogens is 434 g/mol. The molecular formula is C30H47N3S. The Kier molecular flexibility index (Phi) is 11.5. The molecule has 0 amide bonds. The van der Waals surface area contributed by atoms with Crippen LogP contribution >= 0.6 is 11.8 Å². The van der Waals surface area contributed by atoms with E-state index in [-0.39, 0.29) is 0 Å². The first kappa shape index (κ1) is 26.8. The Morgan fingerprint density at radius 1 is 0.618 bits per heavy atom. The van der Waals surface area contributed by atoms with Crippen LogP contribution in [0, 0.1) is 0 Å². The molecule has 1 aliphatic rings. The number of hydrogen-bond acceptors (Lipinski definition) is 4. The van der Waals surface area contributed by atoms with Crippen LogP contribution in [0.25, 0.3) is 0 Å². The molecule has 34 heavy (non-hydrogen) atoms. The van der Waals surface area contributed by atoms with E-state index in [4.69, 9.17) is 0 Å². The fourth-order valence-electron chi connectivity index (χ4n) is 4.67. The maximum Gasteiger partial charge on any atom is 0.0527 e. The van der Waals surface area contributed by atoms with Crippen molar-refractivity contribution in [3.05, 3.63) is 36.4 Å². The van der Waals surface area contributed by atoms with E-state index in [0.29, 0.717) is 0 Å². The average Bonchev–Trinajstić information content (AvgIpc) is 2.84. The van der Waals surface area contributed by atoms with Crippen LogP contribution in [-0.2, 0) is 0 Å². The second-order valence-electron chi connectivity index (χ2n) is 10.0. The van der Waals surface area contributed by atoms with Crippen molar-refractivity contribution in [2.75, 3.05) is 42.3 Å². The molecule has 3 rings (SSSR count). The van der Waals surface area contributed by atoms with Gasteiger partial charge in [-0.1, -0.05) is 89.8 Å². The highest BCUT2D eigenvalue weighted by Crippen LogP contribution is 2.46. The molecule has 2 aromatic rings. The average molecular weight is 482 g/mol. The van der Waals surface area contributed by atoms with E-state index >= 15 is 0 Å². The second kappa shape index (κ2) is 14.6. The van der Waals surface area contributed by atoms with Gasteiger partial charge in [-0.25, -0.2) is 0 Å². The van der Waals surface area contributed by atoms with E-state index < -0.39 is 0 Å². The van der Waals surface area contributed by atoms with Crippen molar-refractivity contribution in [3.63, 3.8) is 0 Å². The molecule has 3 nitrogen and oxygen atoms in total. The first-order valence-corrected chi connectivity index (χ1v) is 14.6. The highest BCUT2D eigenvalue weighted by molar-refractivity contribution is 7.99. The summed E-state index contributed by atoms with van der Waals surface area (Å²) in [5.74, 6) is 0. The summed E-state index contributed by atoms with van der Waals surface area (Å²) in [6.07, 6.45) is 16.3. The third kappa shape index (κ3) is 8.15. The van der Waals surface area contributed by atoms with Crippen molar-refractivity contribution in [1.29, 1.82) is 0 Å². The SMILES string of the molecule is CCCCCCCCN(CCCCCCCC)c1ccc2c(c1)Sc1cc(N(C)C)ccc1N2. The topological polar surface area (TPSA) is 18.5 Å². The highest BCUT2D eigenvalue weighted by Gasteiger charge is 2.18. The second-order valence-corrected chi connectivity index (χ2v) is 11.1. The third-order valence-electron chi connectivity index (χ3n) is 6.86. The number of anilines is 4. The largest absolute Gasteiger partial charge is 0.378 e. The van der Waals surface area contributed by atoms with Gasteiger partial charge in [0.25, 0.3) is 0 Å². The Labute approximate surface area is 213 Å². The summed E-state index contributed by atoms with van der Waals surface area (Å²) < 4.78 is 0. The van der Waals surface area contributed by atoms with Crippen LogP contribution in [0.2, 0.25) is 0 Å². The quantitative estimate of drug-likeness (QED) is 0.205. The zero-order valence-electron chi connectivity index (χ0n) is 22.2. The van der Waals surface area contributed by atoms with Gasteiger partial charge in [0.1, 0.15) is 0 Å². The molecule has 2 aromatic carbocycles. The van der Waals surface area contributed by atoms with Crippen LogP contribution in [0.3, 0.4) is 0 Å². The molecule has 0 unspecified atom stereocenters. The molecule has 1 N–H and O–H groups in total. The molecule has 1 heterocycles. The minimum atomic E-state index is 1.18. The minimum absolute atomic E-state index is 1.18. The van der Waals surface area contributed by atoms with Crippen molar-refractivity contribution in [2.24, 2.45) is 0 Å². The van der Waals surface area contributed by atoms with Gasteiger partial charge in [0.2, 0.25) is 0 Å². The summed E-state index contributed by atoms with van der Waals surface area (Å²) in [6.45, 7) is 6.95. The monoisotopic (exact) mass is 481 g/mol. The van der Waals surface area contributed by atoms with Crippen molar-refractivity contribution in [2.45, 2.75) is 101 Å². The molecule has 0 saturated heterocycles. The van der Waals surface area contributed by atoms with Crippen molar-refractivity contribution in [3.8, 4) is 0 Å². The Bertz CT molecular complexity index is 848. The molecule has 0 fully saturated rings. The first-order chi connectivity index (χ1) is 16.6. The van der Waals surface area contributed by atoms with E-state index in [1.54, 1.807) is 0 Å². The summed E-state index contributed by atoms with van der Waals surface area (Å²) >= 11 is 1.90. The lowest BCUT2D eigenvalue weighted by atomic mass is 10.1. The predicted molar refractivity (Wildman–Crippen MR) is 154 cm³/mol. The maximum atomic E-state index is 3.66. The lowest BCUT2D eigenvalue weighted by Gasteiger charge is -2.28. The van der Waals surface area contributed by atoms with E-state index in [0.717, 1.165) is 0 Å². The van der Waals surface area contributed by atoms with Gasteiger partial charge in [-0.3, -0.25) is 0 Å². The van der Waals surface area contributed by atoms with Gasteiger partial charge in [-0.2, -0.15) is 0 Å². The van der Waals surface area contributed by atoms with Crippen LogP contribution in [0.1, 0.15) is 90.9 Å². The zero-order valence-corrected chi connectivity index (χ0v) is 23.0. The number of unbranched alkanes of at least 4 members (excludes halogenated alkanes) is 10. The number of fused-ring (bicyclic) bond motifs is 2. The van der Waals surface area contributed by atoms with E-state index in [1.807, 2.05) is 11.8 Å². The van der Waals surface area contributed by atoms with Crippen molar-refractivity contribution in [1.82, 2.24) is 0 Å². The number of benzene rings is 2. The fourth-order valence-corrected chi connectivity index (χ4v) is 5.73. The zero-order chi connectivity index (χ0) is 24.2. The summed E-state index contributed by atoms with van der Waals surface area (Å²) in [7, 11) is 4.22. The summed E-state index contributed by atoms with van der Waals surface area (Å²) in [5.41, 5.74) is 5.09. The third-order valence-corrected chi connectivity index (χ3v) is 7.98. The smallest absolute Gasteiger partial charge is 0.0527 e. The minimum Gasteiger partial charge on any atom is -0.378 e. The Balaban J connectivity index is 1.65. The van der Waals surface area contributed by atoms with Crippen LogP contribution in [0.4, 0.5) is 22.7 Å². The van der Waals surface area contributed by atoms with Crippen LogP contribution in [0.15, 0.2) is 46.2 Å². The number of rotatable bonds is 16. The molecule has 0 aromatic heterocycles. The molecule has 1 aliphatic heterocycles. The fraction of sp³-hybridized carbons (Fsp3) is 0.600. The molecule has 0 aliphatic carbocycles. The molecule has 0 spiro atoms. The van der Waals surface area contributed by atoms with Gasteiger partial charge >= 0.3 is 0 Å². The highest BCUT2D eigenvalue weighted by atomic mass is 32.2. The van der Waals surface area contributed by atoms with Gasteiger partial charge in [-0.15, -0.1) is 0 Å². The van der Waals surface area contributed by atoms with E-state index in [9.17, 15) is 0 Å². The number of nitrogens with zero attached hydrogens (tertiary/aromatic N) is 2. The van der Waals surface area contributed by atoms with Crippen LogP contribution in [-0.4, -0.2) is 27.2 Å². The van der Waals surface area contributed by atoms with Crippen molar-refractivity contribution >= 4 is 34.5 Å². The van der Waals surface area contributed by atoms with E-state index in [1.165, 1.54) is 123 Å². The van der Waals surface area contributed by atoms with Gasteiger partial charge < -0.3 is 15.1 Å². The van der Waals surface area contributed by atoms with Gasteiger partial charge in [-0.05, 0) is 49.2 Å². The Morgan fingerprint density at radius 2 is 1.09 bits per heavy atom. The number of hydrogen-bond donors (Lipinski definition) is 1. The number of nitrogens with one attached hydrogen (secondary N) is 1. The summed E-state index contributed by atoms with van der Waals surface area (Å²) in [4.78, 5) is 7.49. The normalized spacial score (nSPS) is 12.1. The summed E-state index contributed by atoms with van der Waals surface area (Å²) in [5, 5.41) is 3.66. The van der Waals surface area contributed by atoms with Crippen molar-refractivity contribution < 1.29 is 0 Å². The molecule has 0 atom stereocenters. The van der Waals surface area contributed by atoms with E-state index in [2.05, 4.69) is 79.5 Å². The van der Waals surface area contributed by atoms with Gasteiger partial charge in [0.15, 0.2) is 0 Å². The predicted octanol–water partition coefficient (Wildman–Crippen LogP) is 9.49. The molecule has 4 heteroatoms. The van der Waals surface area contributed by atoms with Gasteiger partial charge in [0, 0.05) is 48.4 Å². The lowest BCUT2D eigenvalue weighted by Crippen LogP contribution is -2.26. The summed E-state index contributed by atoms with van der Waals surface area (Å²) in [6, 6.07) is 13.7. The molecule has 188 valence electrons. The first-order valence-electron chi connectivity index (χ1n) is 13.8. The van der Waals surface area contributed by atoms with Crippen LogP contribution in [0.5, 0.6) is 0 Å². The molecule has 0 radical (unpaired) electrons. The molecule has 0 saturated carbocycles. The van der Waals surface area contributed by atoms with Gasteiger partial charge in [0.05, 0.1) is 11.4 Å². The van der Waals surface area contributed by atoms with Crippen LogP contribution < -0.4 is 15.1 Å². The lowest BCUT2D eigenvalue weighted by molar-refractivity contribution is 0.575. The Morgan fingerprint density at radius 3 is 1.62 bits per heavy atom. The maximum absolute atomic E-state index is 3.66. The molecule has 0 bridgehead atoms.